The van der Waals surface area contributed by atoms with E-state index in [2.05, 4.69) is 17.1 Å². The number of likely N-dealkylation sites (tertiary alicyclic amines) is 1. The largest absolute Gasteiger partial charge is 0.445 e. The summed E-state index contributed by atoms with van der Waals surface area (Å²) in [6.45, 7) is 4.72. The van der Waals surface area contributed by atoms with Crippen molar-refractivity contribution in [2.75, 3.05) is 13.6 Å². The first-order valence-corrected chi connectivity index (χ1v) is 20.0. The highest BCUT2D eigenvalue weighted by molar-refractivity contribution is 6.06. The van der Waals surface area contributed by atoms with Gasteiger partial charge < -0.3 is 29.7 Å². The molecular formula is C48H51N3O8. The van der Waals surface area contributed by atoms with Crippen LogP contribution in [0.25, 0.3) is 11.1 Å². The number of benzene rings is 5. The number of nitrogens with one attached hydrogen (secondary N) is 1. The van der Waals surface area contributed by atoms with Gasteiger partial charge in [0.25, 0.3) is 5.91 Å². The number of carbonyl (C=O) groups is 3. The molecule has 2 saturated heterocycles. The Morgan fingerprint density at radius 3 is 2.20 bits per heavy atom. The van der Waals surface area contributed by atoms with Gasteiger partial charge in [0.1, 0.15) is 12.6 Å². The summed E-state index contributed by atoms with van der Waals surface area (Å²) in [7, 11) is 2.00. The third kappa shape index (κ3) is 9.96. The molecule has 0 spiro atoms. The van der Waals surface area contributed by atoms with Gasteiger partial charge in [-0.1, -0.05) is 128 Å². The van der Waals surface area contributed by atoms with Gasteiger partial charge in [-0.2, -0.15) is 0 Å². The maximum Gasteiger partial charge on any atom is 0.408 e. The van der Waals surface area contributed by atoms with Gasteiger partial charge in [0, 0.05) is 24.1 Å². The van der Waals surface area contributed by atoms with Crippen LogP contribution in [-0.4, -0.2) is 69.7 Å². The number of alkyl carbamates (subject to hydrolysis) is 1. The summed E-state index contributed by atoms with van der Waals surface area (Å²) in [5.74, 6) is -0.911. The summed E-state index contributed by atoms with van der Waals surface area (Å²) in [6.07, 6.45) is -2.89. The number of nitrogens with zero attached hydrogens (tertiary/aromatic N) is 2. The van der Waals surface area contributed by atoms with Gasteiger partial charge >= 0.3 is 6.09 Å². The van der Waals surface area contributed by atoms with Gasteiger partial charge in [-0.15, -0.1) is 0 Å². The van der Waals surface area contributed by atoms with E-state index in [1.807, 2.05) is 147 Å². The van der Waals surface area contributed by atoms with Crippen molar-refractivity contribution in [1.29, 1.82) is 0 Å². The molecule has 0 bridgehead atoms. The minimum atomic E-state index is -0.999. The van der Waals surface area contributed by atoms with E-state index in [1.54, 1.807) is 0 Å². The molecule has 5 aromatic carbocycles. The van der Waals surface area contributed by atoms with Gasteiger partial charge in [0.05, 0.1) is 37.9 Å². The fourth-order valence-corrected chi connectivity index (χ4v) is 7.71. The monoisotopic (exact) mass is 797 g/mol. The van der Waals surface area contributed by atoms with Crippen LogP contribution in [0, 0.1) is 5.92 Å². The van der Waals surface area contributed by atoms with Gasteiger partial charge in [-0.05, 0) is 65.0 Å². The Morgan fingerprint density at radius 1 is 0.831 bits per heavy atom. The summed E-state index contributed by atoms with van der Waals surface area (Å²) in [4.78, 5) is 42.1. The molecule has 306 valence electrons. The highest BCUT2D eigenvalue weighted by Crippen LogP contribution is 2.43. The molecule has 0 aromatic heterocycles. The molecule has 3 N–H and O–H groups in total. The number of imide groups is 1. The topological polar surface area (TPSA) is 138 Å². The highest BCUT2D eigenvalue weighted by atomic mass is 16.7. The minimum absolute atomic E-state index is 0.0502. The first-order valence-electron chi connectivity index (χ1n) is 20.0. The number of likely N-dealkylation sites (N-methyl/N-ethyl adjacent to an activating group) is 1. The average Bonchev–Trinajstić information content (AvgIpc) is 3.53. The lowest BCUT2D eigenvalue weighted by molar-refractivity contribution is -0.276. The smallest absolute Gasteiger partial charge is 0.408 e. The number of hydrogen-bond donors (Lipinski definition) is 3. The van der Waals surface area contributed by atoms with Crippen LogP contribution in [0.15, 0.2) is 133 Å². The summed E-state index contributed by atoms with van der Waals surface area (Å²) >= 11 is 0. The molecule has 59 heavy (non-hydrogen) atoms. The summed E-state index contributed by atoms with van der Waals surface area (Å²) < 4.78 is 18.8. The van der Waals surface area contributed by atoms with E-state index in [0.29, 0.717) is 6.54 Å². The lowest BCUT2D eigenvalue weighted by atomic mass is 9.89. The van der Waals surface area contributed by atoms with E-state index >= 15 is 0 Å². The number of aliphatic hydroxyl groups is 2. The van der Waals surface area contributed by atoms with Gasteiger partial charge in [0.15, 0.2) is 6.29 Å². The number of carbonyl (C=O) groups excluding carboxylic acids is 3. The lowest BCUT2D eigenvalue weighted by Gasteiger charge is -2.43. The van der Waals surface area contributed by atoms with E-state index in [4.69, 9.17) is 14.2 Å². The lowest BCUT2D eigenvalue weighted by Crippen LogP contribution is -2.46. The Bertz CT molecular complexity index is 2200. The zero-order chi connectivity index (χ0) is 41.5. The molecule has 11 nitrogen and oxygen atoms in total. The molecule has 2 aliphatic heterocycles. The van der Waals surface area contributed by atoms with Crippen molar-refractivity contribution in [3.8, 4) is 11.1 Å². The molecule has 7 atom stereocenters. The maximum absolute atomic E-state index is 13.3. The van der Waals surface area contributed by atoms with Crippen molar-refractivity contribution >= 4 is 17.9 Å². The molecule has 3 amide bonds. The molecule has 5 aromatic rings. The molecule has 2 fully saturated rings. The van der Waals surface area contributed by atoms with Crippen LogP contribution in [0.1, 0.15) is 72.1 Å². The first-order chi connectivity index (χ1) is 28.6. The Hall–Kier alpha value is -5.69. The van der Waals surface area contributed by atoms with Crippen molar-refractivity contribution in [3.63, 3.8) is 0 Å². The SMILES string of the molecule is C[C@H]1[C@@H](CN(C)[C@@H](C)[C@H](O)c2ccccc2)O[C@@H](c2cccc(-c3cccc(CN4C(=O)CC(NC(=O)OCc5ccccc5)C4=O)c3)c2)O[C@H]1c1ccc(CO)cc1. The number of aliphatic hydroxyl groups excluding tert-OH is 2. The predicted molar refractivity (Wildman–Crippen MR) is 222 cm³/mol. The second kappa shape index (κ2) is 18.9. The van der Waals surface area contributed by atoms with Crippen LogP contribution in [0.3, 0.4) is 0 Å². The Kier molecular flexibility index (Phi) is 13.3. The van der Waals surface area contributed by atoms with Crippen LogP contribution in [0.5, 0.6) is 0 Å². The van der Waals surface area contributed by atoms with Crippen molar-refractivity contribution in [3.05, 3.63) is 167 Å². The van der Waals surface area contributed by atoms with Gasteiger partial charge in [-0.25, -0.2) is 4.79 Å². The van der Waals surface area contributed by atoms with Gasteiger partial charge in [-0.3, -0.25) is 19.4 Å². The normalized spacial score (nSPS) is 21.7. The summed E-state index contributed by atoms with van der Waals surface area (Å²) in [5.41, 5.74) is 6.80. The third-order valence-electron chi connectivity index (χ3n) is 11.4. The molecule has 2 heterocycles. The van der Waals surface area contributed by atoms with Crippen LogP contribution < -0.4 is 5.32 Å². The molecule has 7 rings (SSSR count). The van der Waals surface area contributed by atoms with E-state index < -0.39 is 30.4 Å². The highest BCUT2D eigenvalue weighted by Gasteiger charge is 2.41. The Labute approximate surface area is 345 Å². The molecule has 11 heteroatoms. The van der Waals surface area contributed by atoms with Crippen molar-refractivity contribution in [2.24, 2.45) is 5.92 Å². The van der Waals surface area contributed by atoms with Crippen molar-refractivity contribution < 1.29 is 38.8 Å². The molecule has 0 radical (unpaired) electrons. The van der Waals surface area contributed by atoms with Crippen molar-refractivity contribution in [1.82, 2.24) is 15.1 Å². The van der Waals surface area contributed by atoms with E-state index in [-0.39, 0.29) is 56.3 Å². The second-order valence-corrected chi connectivity index (χ2v) is 15.5. The predicted octanol–water partition coefficient (Wildman–Crippen LogP) is 7.25. The van der Waals surface area contributed by atoms with Crippen LogP contribution in [0.2, 0.25) is 0 Å². The third-order valence-corrected chi connectivity index (χ3v) is 11.4. The van der Waals surface area contributed by atoms with E-state index in [0.717, 1.165) is 44.5 Å². The van der Waals surface area contributed by atoms with Crippen molar-refractivity contribution in [2.45, 2.75) is 76.7 Å². The fraction of sp³-hybridized carbons (Fsp3) is 0.312. The molecule has 0 saturated carbocycles. The van der Waals surface area contributed by atoms with Crippen LogP contribution >= 0.6 is 0 Å². The number of rotatable bonds is 14. The molecule has 1 unspecified atom stereocenters. The first kappa shape index (κ1) is 41.5. The Morgan fingerprint density at radius 2 is 1.49 bits per heavy atom. The zero-order valence-electron chi connectivity index (χ0n) is 33.5. The van der Waals surface area contributed by atoms with Crippen LogP contribution in [0.4, 0.5) is 4.79 Å². The quantitative estimate of drug-likeness (QED) is 0.0993. The molecular weight excluding hydrogens is 747 g/mol. The van der Waals surface area contributed by atoms with Gasteiger partial charge in [0.2, 0.25) is 5.91 Å². The number of ether oxygens (including phenoxy) is 3. The maximum atomic E-state index is 13.3. The molecule has 2 aliphatic rings. The second-order valence-electron chi connectivity index (χ2n) is 15.5. The van der Waals surface area contributed by atoms with E-state index in [1.165, 1.54) is 4.90 Å². The summed E-state index contributed by atoms with van der Waals surface area (Å²) in [5, 5.41) is 23.5. The zero-order valence-corrected chi connectivity index (χ0v) is 33.5. The number of hydrogen-bond acceptors (Lipinski definition) is 9. The van der Waals surface area contributed by atoms with Crippen LogP contribution in [-0.2, 0) is 43.6 Å². The Balaban J connectivity index is 1.06. The number of amides is 3. The fourth-order valence-electron chi connectivity index (χ4n) is 7.71. The molecule has 0 aliphatic carbocycles. The average molecular weight is 798 g/mol. The standard InChI is InChI=1S/C48H51N3O8/c1-31-42(28-50(3)32(2)44(54)36-15-8-5-9-16-36)58-47(59-45(31)37-22-20-33(29-52)21-23-37)40-19-11-18-39(25-40)38-17-10-14-35(24-38)27-51-43(53)26-41(46(51)55)49-48(56)57-30-34-12-6-4-7-13-34/h4-25,31-32,41-42,44-45,47,52,54H,26-30H2,1-3H3,(H,49,56)/t31-,32-,41?,42+,44-,45+,47+/m0/s1. The minimum Gasteiger partial charge on any atom is -0.445 e. The van der Waals surface area contributed by atoms with E-state index in [9.17, 15) is 24.6 Å². The summed E-state index contributed by atoms with van der Waals surface area (Å²) in [6, 6.07) is 41.1.